The molecule has 2 aromatic rings. The van der Waals surface area contributed by atoms with Gasteiger partial charge in [0.05, 0.1) is 11.7 Å². The fourth-order valence-electron chi connectivity index (χ4n) is 1.75. The summed E-state index contributed by atoms with van der Waals surface area (Å²) in [6, 6.07) is 4.44. The summed E-state index contributed by atoms with van der Waals surface area (Å²) in [5, 5.41) is 7.85. The largest absolute Gasteiger partial charge is 0.308 e. The molecule has 1 N–H and O–H groups in total. The van der Waals surface area contributed by atoms with Crippen molar-refractivity contribution in [3.05, 3.63) is 46.7 Å². The molecule has 2 aromatic heterocycles. The van der Waals surface area contributed by atoms with Crippen LogP contribution < -0.4 is 5.32 Å². The molecule has 3 nitrogen and oxygen atoms in total. The van der Waals surface area contributed by atoms with E-state index in [-0.39, 0.29) is 6.04 Å². The van der Waals surface area contributed by atoms with Crippen LogP contribution in [0.3, 0.4) is 0 Å². The summed E-state index contributed by atoms with van der Waals surface area (Å²) in [6.07, 6.45) is 5.53. The minimum Gasteiger partial charge on any atom is -0.308 e. The highest BCUT2D eigenvalue weighted by molar-refractivity contribution is 7.07. The molecule has 90 valence electrons. The SMILES string of the molecule is CCCNC(Cc1ccsc1)c1ccncn1. The minimum absolute atomic E-state index is 0.285. The maximum Gasteiger partial charge on any atom is 0.115 e. The number of aromatic nitrogens is 2. The summed E-state index contributed by atoms with van der Waals surface area (Å²) >= 11 is 1.74. The molecule has 1 unspecified atom stereocenters. The summed E-state index contributed by atoms with van der Waals surface area (Å²) in [6.45, 7) is 3.19. The zero-order valence-electron chi connectivity index (χ0n) is 9.97. The molecule has 0 aliphatic carbocycles. The second kappa shape index (κ2) is 6.47. The fraction of sp³-hybridized carbons (Fsp3) is 0.385. The van der Waals surface area contributed by atoms with Crippen LogP contribution >= 0.6 is 11.3 Å². The van der Waals surface area contributed by atoms with Gasteiger partial charge in [0, 0.05) is 6.20 Å². The van der Waals surface area contributed by atoms with Crippen LogP contribution in [0.25, 0.3) is 0 Å². The molecule has 0 spiro atoms. The van der Waals surface area contributed by atoms with Crippen LogP contribution in [0.4, 0.5) is 0 Å². The highest BCUT2D eigenvalue weighted by Crippen LogP contribution is 2.17. The molecule has 0 fully saturated rings. The van der Waals surface area contributed by atoms with E-state index in [4.69, 9.17) is 0 Å². The van der Waals surface area contributed by atoms with Crippen molar-refractivity contribution in [3.8, 4) is 0 Å². The van der Waals surface area contributed by atoms with Gasteiger partial charge in [0.2, 0.25) is 0 Å². The molecule has 0 saturated heterocycles. The highest BCUT2D eigenvalue weighted by Gasteiger charge is 2.12. The third kappa shape index (κ3) is 3.61. The highest BCUT2D eigenvalue weighted by atomic mass is 32.1. The Morgan fingerprint density at radius 2 is 2.35 bits per heavy atom. The molecular weight excluding hydrogens is 230 g/mol. The average Bonchev–Trinajstić information content (AvgIpc) is 2.88. The molecule has 4 heteroatoms. The van der Waals surface area contributed by atoms with Gasteiger partial charge in [-0.1, -0.05) is 6.92 Å². The lowest BCUT2D eigenvalue weighted by molar-refractivity contribution is 0.517. The van der Waals surface area contributed by atoms with Crippen molar-refractivity contribution in [2.75, 3.05) is 6.54 Å². The molecule has 17 heavy (non-hydrogen) atoms. The van der Waals surface area contributed by atoms with Crippen molar-refractivity contribution in [3.63, 3.8) is 0 Å². The number of rotatable bonds is 6. The Kier molecular flexibility index (Phi) is 4.64. The standard InChI is InChI=1S/C13H17N3S/c1-2-5-15-13(8-11-4-7-17-9-11)12-3-6-14-10-16-12/h3-4,6-7,9-10,13,15H,2,5,8H2,1H3. The molecule has 0 bridgehead atoms. The van der Waals surface area contributed by atoms with Crippen LogP contribution in [0.2, 0.25) is 0 Å². The van der Waals surface area contributed by atoms with E-state index < -0.39 is 0 Å². The average molecular weight is 247 g/mol. The fourth-order valence-corrected chi connectivity index (χ4v) is 2.43. The van der Waals surface area contributed by atoms with Gasteiger partial charge in [-0.15, -0.1) is 0 Å². The smallest absolute Gasteiger partial charge is 0.115 e. The van der Waals surface area contributed by atoms with Gasteiger partial charge in [-0.3, -0.25) is 0 Å². The molecule has 0 saturated carbocycles. The molecule has 2 rings (SSSR count). The van der Waals surface area contributed by atoms with Gasteiger partial charge in [-0.05, 0) is 47.8 Å². The molecule has 0 aromatic carbocycles. The Bertz CT molecular complexity index is 413. The van der Waals surface area contributed by atoms with Crippen molar-refractivity contribution < 1.29 is 0 Å². The van der Waals surface area contributed by atoms with Crippen LogP contribution in [0.1, 0.15) is 30.6 Å². The van der Waals surface area contributed by atoms with E-state index in [0.29, 0.717) is 0 Å². The first-order valence-corrected chi connectivity index (χ1v) is 6.84. The molecule has 2 heterocycles. The second-order valence-corrected chi connectivity index (χ2v) is 4.76. The molecule has 0 aliphatic heterocycles. The zero-order chi connectivity index (χ0) is 11.9. The lowest BCUT2D eigenvalue weighted by Crippen LogP contribution is -2.24. The zero-order valence-corrected chi connectivity index (χ0v) is 10.8. The number of nitrogens with zero attached hydrogens (tertiary/aromatic N) is 2. The molecule has 0 aliphatic rings. The van der Waals surface area contributed by atoms with E-state index >= 15 is 0 Å². The van der Waals surface area contributed by atoms with Crippen LogP contribution in [-0.4, -0.2) is 16.5 Å². The Hall–Kier alpha value is -1.26. The van der Waals surface area contributed by atoms with Gasteiger partial charge < -0.3 is 5.32 Å². The maximum absolute atomic E-state index is 4.34. The Morgan fingerprint density at radius 1 is 1.41 bits per heavy atom. The van der Waals surface area contributed by atoms with Crippen molar-refractivity contribution in [2.45, 2.75) is 25.8 Å². The molecule has 0 radical (unpaired) electrons. The topological polar surface area (TPSA) is 37.8 Å². The van der Waals surface area contributed by atoms with Gasteiger partial charge in [0.25, 0.3) is 0 Å². The molecule has 1 atom stereocenters. The van der Waals surface area contributed by atoms with Crippen molar-refractivity contribution in [1.82, 2.24) is 15.3 Å². The predicted molar refractivity (Wildman–Crippen MR) is 71.1 cm³/mol. The number of hydrogen-bond donors (Lipinski definition) is 1. The predicted octanol–water partition coefficient (Wildman–Crippen LogP) is 2.82. The third-order valence-corrected chi connectivity index (χ3v) is 3.35. The van der Waals surface area contributed by atoms with Crippen LogP contribution in [0, 0.1) is 0 Å². The normalized spacial score (nSPS) is 12.5. The van der Waals surface area contributed by atoms with Crippen molar-refractivity contribution in [1.29, 1.82) is 0 Å². The van der Waals surface area contributed by atoms with Gasteiger partial charge >= 0.3 is 0 Å². The number of nitrogens with one attached hydrogen (secondary N) is 1. The summed E-state index contributed by atoms with van der Waals surface area (Å²) in [5.74, 6) is 0. The van der Waals surface area contributed by atoms with Crippen LogP contribution in [-0.2, 0) is 6.42 Å². The van der Waals surface area contributed by atoms with Gasteiger partial charge in [-0.25, -0.2) is 9.97 Å². The van der Waals surface area contributed by atoms with Gasteiger partial charge in [0.15, 0.2) is 0 Å². The van der Waals surface area contributed by atoms with E-state index in [1.165, 1.54) is 5.56 Å². The minimum atomic E-state index is 0.285. The maximum atomic E-state index is 4.34. The Balaban J connectivity index is 2.08. The van der Waals surface area contributed by atoms with Crippen LogP contribution in [0.5, 0.6) is 0 Å². The Morgan fingerprint density at radius 3 is 3.00 bits per heavy atom. The summed E-state index contributed by atoms with van der Waals surface area (Å²) < 4.78 is 0. The molecule has 0 amide bonds. The van der Waals surface area contributed by atoms with Crippen LogP contribution in [0.15, 0.2) is 35.4 Å². The first-order chi connectivity index (χ1) is 8.40. The van der Waals surface area contributed by atoms with E-state index in [2.05, 4.69) is 39.0 Å². The first kappa shape index (κ1) is 12.2. The third-order valence-electron chi connectivity index (χ3n) is 2.62. The summed E-state index contributed by atoms with van der Waals surface area (Å²) in [5.41, 5.74) is 2.43. The Labute approximate surface area is 106 Å². The molecular formula is C13H17N3S. The van der Waals surface area contributed by atoms with Gasteiger partial charge in [-0.2, -0.15) is 11.3 Å². The lowest BCUT2D eigenvalue weighted by atomic mass is 10.1. The first-order valence-electron chi connectivity index (χ1n) is 5.90. The van der Waals surface area contributed by atoms with Crippen molar-refractivity contribution in [2.24, 2.45) is 0 Å². The summed E-state index contributed by atoms with van der Waals surface area (Å²) in [4.78, 5) is 8.31. The van der Waals surface area contributed by atoms with E-state index in [1.54, 1.807) is 23.9 Å². The van der Waals surface area contributed by atoms with E-state index in [9.17, 15) is 0 Å². The second-order valence-electron chi connectivity index (χ2n) is 3.98. The lowest BCUT2D eigenvalue weighted by Gasteiger charge is -2.17. The quantitative estimate of drug-likeness (QED) is 0.853. The number of thiophene rings is 1. The van der Waals surface area contributed by atoms with Crippen molar-refractivity contribution >= 4 is 11.3 Å². The van der Waals surface area contributed by atoms with Gasteiger partial charge in [0.1, 0.15) is 6.33 Å². The summed E-state index contributed by atoms with van der Waals surface area (Å²) in [7, 11) is 0. The van der Waals surface area contributed by atoms with E-state index in [1.807, 2.05) is 6.07 Å². The van der Waals surface area contributed by atoms with E-state index in [0.717, 1.165) is 25.1 Å². The monoisotopic (exact) mass is 247 g/mol. The number of hydrogen-bond acceptors (Lipinski definition) is 4.